The zero-order chi connectivity index (χ0) is 16.9. The van der Waals surface area contributed by atoms with Gasteiger partial charge in [-0.2, -0.15) is 0 Å². The minimum atomic E-state index is -0.741. The Morgan fingerprint density at radius 3 is 2.67 bits per heavy atom. The third-order valence-electron chi connectivity index (χ3n) is 3.41. The number of benzene rings is 2. The number of rotatable bonds is 5. The van der Waals surface area contributed by atoms with Crippen LogP contribution >= 0.6 is 27.3 Å². The second-order valence-electron chi connectivity index (χ2n) is 5.08. The van der Waals surface area contributed by atoms with Crippen molar-refractivity contribution in [1.82, 2.24) is 4.98 Å². The summed E-state index contributed by atoms with van der Waals surface area (Å²) in [6, 6.07) is 16.9. The molecule has 24 heavy (non-hydrogen) atoms. The molecule has 0 aliphatic rings. The minimum Gasteiger partial charge on any atom is -0.476 e. The summed E-state index contributed by atoms with van der Waals surface area (Å²) >= 11 is 4.83. The number of halogens is 1. The Hall–Kier alpha value is -2.18. The molecule has 3 rings (SSSR count). The maximum absolute atomic E-state index is 13.0. The van der Waals surface area contributed by atoms with Crippen molar-refractivity contribution in [2.75, 3.05) is 11.9 Å². The highest BCUT2D eigenvalue weighted by atomic mass is 79.9. The van der Waals surface area contributed by atoms with E-state index in [2.05, 4.69) is 20.9 Å². The predicted molar refractivity (Wildman–Crippen MR) is 99.5 cm³/mol. The van der Waals surface area contributed by atoms with Gasteiger partial charge in [-0.25, -0.2) is 4.98 Å². The van der Waals surface area contributed by atoms with Crippen molar-refractivity contribution in [3.63, 3.8) is 0 Å². The number of amides is 1. The predicted octanol–water partition coefficient (Wildman–Crippen LogP) is 4.69. The first-order chi connectivity index (χ1) is 11.6. The van der Waals surface area contributed by atoms with E-state index in [0.29, 0.717) is 10.9 Å². The SMILES string of the molecule is CN(C(=O)C(Oc1cccc(Br)c1)c1ccccc1)c1nccs1. The average Bonchev–Trinajstić information content (AvgIpc) is 3.14. The highest BCUT2D eigenvalue weighted by Crippen LogP contribution is 2.28. The van der Waals surface area contributed by atoms with Gasteiger partial charge in [0, 0.05) is 28.7 Å². The zero-order valence-electron chi connectivity index (χ0n) is 12.9. The lowest BCUT2D eigenvalue weighted by molar-refractivity contribution is -0.125. The molecule has 0 radical (unpaired) electrons. The number of thiazole rings is 1. The lowest BCUT2D eigenvalue weighted by atomic mass is 10.1. The Labute approximate surface area is 152 Å². The fourth-order valence-electron chi connectivity index (χ4n) is 2.22. The topological polar surface area (TPSA) is 42.4 Å². The molecule has 122 valence electrons. The van der Waals surface area contributed by atoms with Gasteiger partial charge in [0.1, 0.15) is 5.75 Å². The molecule has 1 atom stereocenters. The molecule has 1 aromatic heterocycles. The molecule has 1 amide bonds. The number of anilines is 1. The van der Waals surface area contributed by atoms with Crippen molar-refractivity contribution in [2.45, 2.75) is 6.10 Å². The summed E-state index contributed by atoms with van der Waals surface area (Å²) in [6.07, 6.45) is 0.936. The fraction of sp³-hybridized carbons (Fsp3) is 0.111. The molecule has 0 fully saturated rings. The van der Waals surface area contributed by atoms with Gasteiger partial charge < -0.3 is 4.74 Å². The molecular weight excluding hydrogens is 388 g/mol. The summed E-state index contributed by atoms with van der Waals surface area (Å²) in [5.74, 6) is 0.454. The number of nitrogens with zero attached hydrogens (tertiary/aromatic N) is 2. The zero-order valence-corrected chi connectivity index (χ0v) is 15.3. The summed E-state index contributed by atoms with van der Waals surface area (Å²) < 4.78 is 6.91. The summed E-state index contributed by atoms with van der Waals surface area (Å²) in [5, 5.41) is 2.48. The van der Waals surface area contributed by atoms with Gasteiger partial charge in [-0.3, -0.25) is 9.69 Å². The van der Waals surface area contributed by atoms with E-state index in [9.17, 15) is 4.79 Å². The van der Waals surface area contributed by atoms with Gasteiger partial charge in [0.2, 0.25) is 6.10 Å². The number of hydrogen-bond donors (Lipinski definition) is 0. The van der Waals surface area contributed by atoms with Crippen LogP contribution in [0.1, 0.15) is 11.7 Å². The van der Waals surface area contributed by atoms with E-state index < -0.39 is 6.10 Å². The number of likely N-dealkylation sites (N-methyl/N-ethyl adjacent to an activating group) is 1. The smallest absolute Gasteiger partial charge is 0.274 e. The first kappa shape index (κ1) is 16.7. The number of carbonyl (C=O) groups excluding carboxylic acids is 1. The Kier molecular flexibility index (Phi) is 5.27. The standard InChI is InChI=1S/C18H15BrN2O2S/c1-21(18-20-10-11-24-18)17(22)16(13-6-3-2-4-7-13)23-15-9-5-8-14(19)12-15/h2-12,16H,1H3. The van der Waals surface area contributed by atoms with Crippen molar-refractivity contribution in [3.05, 3.63) is 76.2 Å². The fourth-order valence-corrected chi connectivity index (χ4v) is 3.21. The van der Waals surface area contributed by atoms with Crippen LogP contribution in [0.15, 0.2) is 70.6 Å². The molecule has 0 aliphatic carbocycles. The van der Waals surface area contributed by atoms with Crippen LogP contribution in [0, 0.1) is 0 Å². The third kappa shape index (κ3) is 3.83. The van der Waals surface area contributed by atoms with Crippen molar-refractivity contribution < 1.29 is 9.53 Å². The van der Waals surface area contributed by atoms with Gasteiger partial charge in [-0.15, -0.1) is 11.3 Å². The van der Waals surface area contributed by atoms with E-state index >= 15 is 0 Å². The molecule has 4 nitrogen and oxygen atoms in total. The van der Waals surface area contributed by atoms with E-state index in [1.165, 1.54) is 16.2 Å². The van der Waals surface area contributed by atoms with E-state index in [-0.39, 0.29) is 5.91 Å². The van der Waals surface area contributed by atoms with Crippen LogP contribution in [-0.2, 0) is 4.79 Å². The second-order valence-corrected chi connectivity index (χ2v) is 6.87. The molecule has 0 saturated heterocycles. The van der Waals surface area contributed by atoms with Crippen LogP contribution < -0.4 is 9.64 Å². The van der Waals surface area contributed by atoms with E-state index in [1.807, 2.05) is 60.0 Å². The number of carbonyl (C=O) groups is 1. The molecule has 1 heterocycles. The molecule has 0 bridgehead atoms. The highest BCUT2D eigenvalue weighted by molar-refractivity contribution is 9.10. The molecule has 1 unspecified atom stereocenters. The van der Waals surface area contributed by atoms with Crippen LogP contribution in [0.4, 0.5) is 5.13 Å². The molecule has 0 N–H and O–H groups in total. The van der Waals surface area contributed by atoms with Crippen molar-refractivity contribution >= 4 is 38.3 Å². The van der Waals surface area contributed by atoms with Gasteiger partial charge in [0.25, 0.3) is 5.91 Å². The van der Waals surface area contributed by atoms with E-state index in [1.54, 1.807) is 13.2 Å². The maximum Gasteiger partial charge on any atom is 0.274 e. The molecule has 0 aliphatic heterocycles. The highest BCUT2D eigenvalue weighted by Gasteiger charge is 2.27. The lowest BCUT2D eigenvalue weighted by Crippen LogP contribution is -2.34. The molecule has 0 spiro atoms. The van der Waals surface area contributed by atoms with Crippen LogP contribution in [0.3, 0.4) is 0 Å². The second kappa shape index (κ2) is 7.59. The summed E-state index contributed by atoms with van der Waals surface area (Å²) in [4.78, 5) is 18.7. The molecular formula is C18H15BrN2O2S. The first-order valence-corrected chi connectivity index (χ1v) is 8.96. The van der Waals surface area contributed by atoms with Crippen molar-refractivity contribution in [1.29, 1.82) is 0 Å². The van der Waals surface area contributed by atoms with Crippen LogP contribution in [-0.4, -0.2) is 17.9 Å². The van der Waals surface area contributed by atoms with Crippen LogP contribution in [0.2, 0.25) is 0 Å². The molecule has 3 aromatic rings. The summed E-state index contributed by atoms with van der Waals surface area (Å²) in [5.41, 5.74) is 0.797. The Morgan fingerprint density at radius 1 is 1.21 bits per heavy atom. The van der Waals surface area contributed by atoms with Crippen LogP contribution in [0.5, 0.6) is 5.75 Å². The lowest BCUT2D eigenvalue weighted by Gasteiger charge is -2.23. The Morgan fingerprint density at radius 2 is 2.00 bits per heavy atom. The average molecular weight is 403 g/mol. The largest absolute Gasteiger partial charge is 0.476 e. The Bertz CT molecular complexity index is 809. The minimum absolute atomic E-state index is 0.170. The number of ether oxygens (including phenoxy) is 1. The van der Waals surface area contributed by atoms with Crippen molar-refractivity contribution in [3.8, 4) is 5.75 Å². The Balaban J connectivity index is 1.91. The quantitative estimate of drug-likeness (QED) is 0.621. The molecule has 6 heteroatoms. The van der Waals surface area contributed by atoms with E-state index in [0.717, 1.165) is 10.0 Å². The third-order valence-corrected chi connectivity index (χ3v) is 4.75. The number of aromatic nitrogens is 1. The van der Waals surface area contributed by atoms with Gasteiger partial charge in [0.15, 0.2) is 5.13 Å². The molecule has 0 saturated carbocycles. The number of hydrogen-bond acceptors (Lipinski definition) is 4. The summed E-state index contributed by atoms with van der Waals surface area (Å²) in [6.45, 7) is 0. The van der Waals surface area contributed by atoms with Gasteiger partial charge in [-0.05, 0) is 18.2 Å². The normalized spacial score (nSPS) is 11.8. The van der Waals surface area contributed by atoms with E-state index in [4.69, 9.17) is 4.74 Å². The van der Waals surface area contributed by atoms with Gasteiger partial charge in [0.05, 0.1) is 0 Å². The monoisotopic (exact) mass is 402 g/mol. The maximum atomic E-state index is 13.0. The first-order valence-electron chi connectivity index (χ1n) is 7.29. The van der Waals surface area contributed by atoms with Gasteiger partial charge >= 0.3 is 0 Å². The van der Waals surface area contributed by atoms with Crippen molar-refractivity contribution in [2.24, 2.45) is 0 Å². The summed E-state index contributed by atoms with van der Waals surface area (Å²) in [7, 11) is 1.71. The van der Waals surface area contributed by atoms with Crippen LogP contribution in [0.25, 0.3) is 0 Å². The van der Waals surface area contributed by atoms with Gasteiger partial charge in [-0.1, -0.05) is 52.3 Å². The molecule has 2 aromatic carbocycles.